The molecule has 0 saturated heterocycles. The molecule has 0 aromatic carbocycles. The SMILES string of the molecule is CCCCC(CC)C(=O)OC(CC)(CO)C(O)(CC)CC. The van der Waals surface area contributed by atoms with Crippen LogP contribution in [0.25, 0.3) is 0 Å². The maximum atomic E-state index is 12.4. The molecule has 21 heavy (non-hydrogen) atoms. The fraction of sp³-hybridized carbons (Fsp3) is 0.941. The van der Waals surface area contributed by atoms with Gasteiger partial charge in [0, 0.05) is 0 Å². The molecule has 0 saturated carbocycles. The van der Waals surface area contributed by atoms with Crippen LogP contribution in [0, 0.1) is 5.92 Å². The molecule has 0 heterocycles. The van der Waals surface area contributed by atoms with Crippen LogP contribution in [0.5, 0.6) is 0 Å². The molecule has 4 nitrogen and oxygen atoms in total. The van der Waals surface area contributed by atoms with Crippen LogP contribution in [-0.4, -0.2) is 34.0 Å². The minimum atomic E-state index is -1.20. The van der Waals surface area contributed by atoms with Gasteiger partial charge in [0.25, 0.3) is 0 Å². The molecule has 4 heteroatoms. The van der Waals surface area contributed by atoms with Crippen molar-refractivity contribution in [3.63, 3.8) is 0 Å². The van der Waals surface area contributed by atoms with Crippen LogP contribution in [0.4, 0.5) is 0 Å². The molecule has 0 rings (SSSR count). The molecule has 0 fully saturated rings. The Labute approximate surface area is 129 Å². The summed E-state index contributed by atoms with van der Waals surface area (Å²) in [4.78, 5) is 12.4. The highest BCUT2D eigenvalue weighted by molar-refractivity contribution is 5.73. The molecule has 0 aliphatic rings. The van der Waals surface area contributed by atoms with Crippen molar-refractivity contribution in [2.75, 3.05) is 6.61 Å². The van der Waals surface area contributed by atoms with Crippen LogP contribution in [0.2, 0.25) is 0 Å². The van der Waals surface area contributed by atoms with E-state index in [1.165, 1.54) is 0 Å². The maximum Gasteiger partial charge on any atom is 0.309 e. The van der Waals surface area contributed by atoms with Crippen molar-refractivity contribution >= 4 is 5.97 Å². The van der Waals surface area contributed by atoms with Crippen LogP contribution in [0.3, 0.4) is 0 Å². The Balaban J connectivity index is 5.19. The number of carbonyl (C=O) groups excluding carboxylic acids is 1. The van der Waals surface area contributed by atoms with E-state index in [0.717, 1.165) is 25.7 Å². The van der Waals surface area contributed by atoms with E-state index < -0.39 is 11.2 Å². The second-order valence-electron chi connectivity index (χ2n) is 5.91. The number of ether oxygens (including phenoxy) is 1. The first-order valence-electron chi connectivity index (χ1n) is 8.46. The first kappa shape index (κ1) is 20.4. The molecule has 2 N–H and O–H groups in total. The summed E-state index contributed by atoms with van der Waals surface area (Å²) in [7, 11) is 0. The number of unbranched alkanes of at least 4 members (excludes halogenated alkanes) is 1. The molecule has 2 unspecified atom stereocenters. The van der Waals surface area contributed by atoms with Crippen molar-refractivity contribution in [3.05, 3.63) is 0 Å². The molecular weight excluding hydrogens is 268 g/mol. The number of rotatable bonds is 11. The smallest absolute Gasteiger partial charge is 0.309 e. The largest absolute Gasteiger partial charge is 0.453 e. The number of aliphatic hydroxyl groups excluding tert-OH is 1. The van der Waals surface area contributed by atoms with Gasteiger partial charge in [-0.3, -0.25) is 4.79 Å². The Hall–Kier alpha value is -0.610. The Morgan fingerprint density at radius 1 is 1.10 bits per heavy atom. The summed E-state index contributed by atoms with van der Waals surface area (Å²) in [5, 5.41) is 20.6. The molecule has 126 valence electrons. The minimum absolute atomic E-state index is 0.152. The third-order valence-corrected chi connectivity index (χ3v) is 4.87. The van der Waals surface area contributed by atoms with Crippen molar-refractivity contribution in [3.8, 4) is 0 Å². The summed E-state index contributed by atoms with van der Waals surface area (Å²) in [6.45, 7) is 9.26. The zero-order chi connectivity index (χ0) is 16.5. The zero-order valence-corrected chi connectivity index (χ0v) is 14.4. The second kappa shape index (κ2) is 9.42. The van der Waals surface area contributed by atoms with E-state index in [0.29, 0.717) is 19.3 Å². The minimum Gasteiger partial charge on any atom is -0.453 e. The molecule has 0 aromatic heterocycles. The van der Waals surface area contributed by atoms with Gasteiger partial charge in [-0.25, -0.2) is 0 Å². The van der Waals surface area contributed by atoms with Crippen LogP contribution in [-0.2, 0) is 9.53 Å². The molecule has 2 atom stereocenters. The fourth-order valence-electron chi connectivity index (χ4n) is 2.90. The molecule has 0 aliphatic carbocycles. The van der Waals surface area contributed by atoms with Crippen molar-refractivity contribution in [2.45, 2.75) is 90.8 Å². The lowest BCUT2D eigenvalue weighted by Gasteiger charge is -2.44. The Morgan fingerprint density at radius 2 is 1.67 bits per heavy atom. The summed E-state index contributed by atoms with van der Waals surface area (Å²) in [5.41, 5.74) is -2.39. The predicted octanol–water partition coefficient (Wildman–Crippen LogP) is 3.44. The molecule has 0 amide bonds. The maximum absolute atomic E-state index is 12.4. The lowest BCUT2D eigenvalue weighted by molar-refractivity contribution is -0.215. The molecule has 0 aromatic rings. The van der Waals surface area contributed by atoms with E-state index in [9.17, 15) is 15.0 Å². The van der Waals surface area contributed by atoms with Gasteiger partial charge in [-0.2, -0.15) is 0 Å². The third kappa shape index (κ3) is 4.68. The lowest BCUT2D eigenvalue weighted by Crippen LogP contribution is -2.59. The van der Waals surface area contributed by atoms with Crippen LogP contribution in [0.15, 0.2) is 0 Å². The van der Waals surface area contributed by atoms with Gasteiger partial charge in [0.2, 0.25) is 0 Å². The highest BCUT2D eigenvalue weighted by atomic mass is 16.6. The summed E-state index contributed by atoms with van der Waals surface area (Å²) in [6.07, 6.45) is 4.83. The summed E-state index contributed by atoms with van der Waals surface area (Å²) in [6, 6.07) is 0. The third-order valence-electron chi connectivity index (χ3n) is 4.87. The number of aliphatic hydroxyl groups is 2. The van der Waals surface area contributed by atoms with Crippen molar-refractivity contribution in [2.24, 2.45) is 5.92 Å². The number of hydrogen-bond acceptors (Lipinski definition) is 4. The summed E-state index contributed by atoms with van der Waals surface area (Å²) >= 11 is 0. The van der Waals surface area contributed by atoms with Gasteiger partial charge in [-0.15, -0.1) is 0 Å². The van der Waals surface area contributed by atoms with Gasteiger partial charge in [0.15, 0.2) is 5.60 Å². The van der Waals surface area contributed by atoms with Gasteiger partial charge < -0.3 is 14.9 Å². The van der Waals surface area contributed by atoms with Crippen LogP contribution >= 0.6 is 0 Å². The van der Waals surface area contributed by atoms with Gasteiger partial charge in [-0.1, -0.05) is 47.5 Å². The molecule has 0 aliphatic heterocycles. The van der Waals surface area contributed by atoms with Crippen molar-refractivity contribution in [1.29, 1.82) is 0 Å². The normalized spacial score (nSPS) is 16.3. The average molecular weight is 302 g/mol. The number of hydrogen-bond donors (Lipinski definition) is 2. The number of esters is 1. The fourth-order valence-corrected chi connectivity index (χ4v) is 2.90. The lowest BCUT2D eigenvalue weighted by atomic mass is 9.77. The Bertz CT molecular complexity index is 293. The Kier molecular flexibility index (Phi) is 9.14. The van der Waals surface area contributed by atoms with Crippen molar-refractivity contribution in [1.82, 2.24) is 0 Å². The zero-order valence-electron chi connectivity index (χ0n) is 14.4. The van der Waals surface area contributed by atoms with E-state index in [1.54, 1.807) is 0 Å². The van der Waals surface area contributed by atoms with Crippen molar-refractivity contribution < 1.29 is 19.7 Å². The van der Waals surface area contributed by atoms with E-state index in [1.807, 2.05) is 27.7 Å². The first-order chi connectivity index (χ1) is 9.90. The highest BCUT2D eigenvalue weighted by Crippen LogP contribution is 2.36. The van der Waals surface area contributed by atoms with E-state index in [2.05, 4.69) is 6.92 Å². The van der Waals surface area contributed by atoms with Crippen LogP contribution in [0.1, 0.15) is 79.6 Å². The molecule has 0 spiro atoms. The quantitative estimate of drug-likeness (QED) is 0.574. The van der Waals surface area contributed by atoms with Gasteiger partial charge in [-0.05, 0) is 32.1 Å². The molecule has 0 bridgehead atoms. The highest BCUT2D eigenvalue weighted by Gasteiger charge is 2.50. The standard InChI is InChI=1S/C17H34O4/c1-6-11-12-14(7-2)15(19)21-17(10-5,13-18)16(20,8-3)9-4/h14,18,20H,6-13H2,1-5H3. The monoisotopic (exact) mass is 302 g/mol. The van der Waals surface area contributed by atoms with Gasteiger partial charge >= 0.3 is 5.97 Å². The predicted molar refractivity (Wildman–Crippen MR) is 85.0 cm³/mol. The van der Waals surface area contributed by atoms with Gasteiger partial charge in [0.1, 0.15) is 5.60 Å². The van der Waals surface area contributed by atoms with E-state index in [-0.39, 0.29) is 18.5 Å². The molecular formula is C17H34O4. The second-order valence-corrected chi connectivity index (χ2v) is 5.91. The van der Waals surface area contributed by atoms with E-state index in [4.69, 9.17) is 4.74 Å². The Morgan fingerprint density at radius 3 is 2.00 bits per heavy atom. The summed E-state index contributed by atoms with van der Waals surface area (Å²) in [5.74, 6) is -0.442. The van der Waals surface area contributed by atoms with Crippen LogP contribution < -0.4 is 0 Å². The van der Waals surface area contributed by atoms with Gasteiger partial charge in [0.05, 0.1) is 12.5 Å². The topological polar surface area (TPSA) is 66.8 Å². The summed E-state index contributed by atoms with van der Waals surface area (Å²) < 4.78 is 5.69. The molecule has 0 radical (unpaired) electrons. The average Bonchev–Trinajstić information content (AvgIpc) is 2.52. The first-order valence-corrected chi connectivity index (χ1v) is 8.46. The van der Waals surface area contributed by atoms with E-state index >= 15 is 0 Å². The number of carbonyl (C=O) groups is 1.